The van der Waals surface area contributed by atoms with Crippen molar-refractivity contribution in [3.8, 4) is 0 Å². The summed E-state index contributed by atoms with van der Waals surface area (Å²) in [6, 6.07) is 8.61. The van der Waals surface area contributed by atoms with Crippen LogP contribution < -0.4 is 0 Å². The number of benzene rings is 1. The van der Waals surface area contributed by atoms with Crippen molar-refractivity contribution >= 4 is 9.04 Å². The van der Waals surface area contributed by atoms with Crippen molar-refractivity contribution in [2.75, 3.05) is 0 Å². The Morgan fingerprint density at radius 2 is 1.95 bits per heavy atom. The molecule has 1 radical (unpaired) electrons. The second kappa shape index (κ2) is 8.20. The van der Waals surface area contributed by atoms with Crippen LogP contribution in [0.5, 0.6) is 0 Å². The molecule has 0 bridgehead atoms. The molecule has 0 fully saturated rings. The molecule has 0 spiro atoms. The van der Waals surface area contributed by atoms with E-state index in [1.807, 2.05) is 12.2 Å². The highest BCUT2D eigenvalue weighted by molar-refractivity contribution is 6.48. The van der Waals surface area contributed by atoms with Crippen molar-refractivity contribution in [2.24, 2.45) is 5.41 Å². The van der Waals surface area contributed by atoms with Gasteiger partial charge in [0.2, 0.25) is 9.04 Å². The molecule has 3 heteroatoms. The Morgan fingerprint density at radius 1 is 1.24 bits per heavy atom. The van der Waals surface area contributed by atoms with E-state index in [0.29, 0.717) is 0 Å². The molecule has 2 nitrogen and oxygen atoms in total. The first-order valence-electron chi connectivity index (χ1n) is 7.36. The van der Waals surface area contributed by atoms with Gasteiger partial charge in [0.15, 0.2) is 0 Å². The number of rotatable bonds is 6. The second-order valence-electron chi connectivity index (χ2n) is 6.49. The average molecular weight is 303 g/mol. The molecular weight excluding hydrogens is 276 g/mol. The minimum absolute atomic E-state index is 0.0794. The van der Waals surface area contributed by atoms with Crippen molar-refractivity contribution in [3.05, 3.63) is 59.9 Å². The van der Waals surface area contributed by atoms with E-state index in [-0.39, 0.29) is 11.5 Å². The van der Waals surface area contributed by atoms with Gasteiger partial charge in [-0.15, -0.1) is 0 Å². The van der Waals surface area contributed by atoms with Crippen molar-refractivity contribution in [1.29, 1.82) is 0 Å². The third-order valence-electron chi connectivity index (χ3n) is 3.08. The molecule has 0 saturated heterocycles. The number of aliphatic hydroxyl groups excluding tert-OH is 1. The van der Waals surface area contributed by atoms with Crippen LogP contribution >= 0.6 is 0 Å². The number of hydrogen-bond acceptors (Lipinski definition) is 2. The molecule has 0 aliphatic heterocycles. The molecule has 0 saturated carbocycles. The molecule has 115 valence electrons. The fourth-order valence-corrected chi connectivity index (χ4v) is 3.16. The zero-order valence-electron chi connectivity index (χ0n) is 13.8. The molecule has 0 heterocycles. The van der Waals surface area contributed by atoms with Gasteiger partial charge in [-0.05, 0) is 42.1 Å². The summed E-state index contributed by atoms with van der Waals surface area (Å²) in [5, 5.41) is 8.61. The van der Waals surface area contributed by atoms with Crippen LogP contribution in [0.2, 0.25) is 13.1 Å². The standard InChI is InChI=1S/C18H27O2Si/c1-18(2,3)17(20-21(4)5)16-12-9-11-15(14-16)10-7-6-8-13-19/h6-9,11-14,17,19H,10H2,1-5H3. The van der Waals surface area contributed by atoms with Crippen LogP contribution in [0, 0.1) is 5.41 Å². The highest BCUT2D eigenvalue weighted by Gasteiger charge is 2.28. The molecule has 0 amide bonds. The molecular formula is C18H27O2Si. The van der Waals surface area contributed by atoms with E-state index in [2.05, 4.69) is 58.1 Å². The summed E-state index contributed by atoms with van der Waals surface area (Å²) in [7, 11) is -0.750. The first kappa shape index (κ1) is 17.7. The van der Waals surface area contributed by atoms with Gasteiger partial charge in [0.1, 0.15) is 0 Å². The summed E-state index contributed by atoms with van der Waals surface area (Å²) in [5.41, 5.74) is 2.59. The lowest BCUT2D eigenvalue weighted by molar-refractivity contribution is 0.0865. The fraction of sp³-hybridized carbons (Fsp3) is 0.444. The minimum Gasteiger partial charge on any atom is -0.516 e. The Kier molecular flexibility index (Phi) is 6.92. The lowest BCUT2D eigenvalue weighted by Gasteiger charge is -2.33. The largest absolute Gasteiger partial charge is 0.516 e. The van der Waals surface area contributed by atoms with Gasteiger partial charge in [0.25, 0.3) is 0 Å². The van der Waals surface area contributed by atoms with Gasteiger partial charge in [0.05, 0.1) is 12.4 Å². The van der Waals surface area contributed by atoms with Crippen molar-refractivity contribution in [2.45, 2.75) is 46.4 Å². The third kappa shape index (κ3) is 6.32. The highest BCUT2D eigenvalue weighted by atomic mass is 28.3. The van der Waals surface area contributed by atoms with E-state index >= 15 is 0 Å². The summed E-state index contributed by atoms with van der Waals surface area (Å²) in [4.78, 5) is 0. The molecule has 0 aromatic heterocycles. The van der Waals surface area contributed by atoms with Gasteiger partial charge in [0, 0.05) is 0 Å². The van der Waals surface area contributed by atoms with Crippen molar-refractivity contribution < 1.29 is 9.53 Å². The number of aliphatic hydroxyl groups is 1. The maximum atomic E-state index is 8.61. The van der Waals surface area contributed by atoms with Gasteiger partial charge in [-0.25, -0.2) is 0 Å². The fourth-order valence-electron chi connectivity index (χ4n) is 2.20. The van der Waals surface area contributed by atoms with E-state index < -0.39 is 9.04 Å². The third-order valence-corrected chi connectivity index (χ3v) is 3.79. The second-order valence-corrected chi connectivity index (χ2v) is 8.54. The molecule has 0 aliphatic rings. The van der Waals surface area contributed by atoms with Gasteiger partial charge in [-0.3, -0.25) is 0 Å². The number of allylic oxidation sites excluding steroid dienone is 3. The quantitative estimate of drug-likeness (QED) is 0.444. The predicted molar refractivity (Wildman–Crippen MR) is 91.8 cm³/mol. The van der Waals surface area contributed by atoms with Gasteiger partial charge in [-0.2, -0.15) is 0 Å². The van der Waals surface area contributed by atoms with E-state index in [4.69, 9.17) is 9.53 Å². The van der Waals surface area contributed by atoms with Crippen LogP contribution in [0.25, 0.3) is 0 Å². The zero-order chi connectivity index (χ0) is 15.9. The van der Waals surface area contributed by atoms with Crippen LogP contribution in [-0.2, 0) is 10.8 Å². The molecule has 21 heavy (non-hydrogen) atoms. The molecule has 0 aliphatic carbocycles. The topological polar surface area (TPSA) is 29.5 Å². The molecule has 1 N–H and O–H groups in total. The van der Waals surface area contributed by atoms with Gasteiger partial charge >= 0.3 is 0 Å². The molecule has 1 aromatic carbocycles. The lowest BCUT2D eigenvalue weighted by Crippen LogP contribution is -2.26. The Labute approximate surface area is 130 Å². The zero-order valence-corrected chi connectivity index (χ0v) is 14.8. The SMILES string of the molecule is C[Si](C)OC(c1cccc(CC=CC=CO)c1)C(C)(C)C. The summed E-state index contributed by atoms with van der Waals surface area (Å²) in [5.74, 6) is 0. The van der Waals surface area contributed by atoms with Crippen LogP contribution in [0.15, 0.2) is 48.8 Å². The Balaban J connectivity index is 2.94. The van der Waals surface area contributed by atoms with E-state index in [1.165, 1.54) is 11.1 Å². The lowest BCUT2D eigenvalue weighted by atomic mass is 9.84. The van der Waals surface area contributed by atoms with E-state index in [1.54, 1.807) is 6.08 Å². The monoisotopic (exact) mass is 303 g/mol. The predicted octanol–water partition coefficient (Wildman–Crippen LogP) is 5.21. The normalized spacial score (nSPS) is 14.4. The van der Waals surface area contributed by atoms with E-state index in [9.17, 15) is 0 Å². The Hall–Kier alpha value is -1.32. The van der Waals surface area contributed by atoms with Crippen LogP contribution in [0.1, 0.15) is 38.0 Å². The highest BCUT2D eigenvalue weighted by Crippen LogP contribution is 2.36. The summed E-state index contributed by atoms with van der Waals surface area (Å²) in [6.07, 6.45) is 7.53. The van der Waals surface area contributed by atoms with Crippen molar-refractivity contribution in [3.63, 3.8) is 0 Å². The summed E-state index contributed by atoms with van der Waals surface area (Å²) >= 11 is 0. The molecule has 1 rings (SSSR count). The Bertz CT molecular complexity index is 484. The van der Waals surface area contributed by atoms with Gasteiger partial charge in [-0.1, -0.05) is 57.2 Å². The van der Waals surface area contributed by atoms with Crippen LogP contribution in [0.3, 0.4) is 0 Å². The van der Waals surface area contributed by atoms with Crippen LogP contribution in [-0.4, -0.2) is 14.1 Å². The van der Waals surface area contributed by atoms with Gasteiger partial charge < -0.3 is 9.53 Å². The maximum Gasteiger partial charge on any atom is 0.205 e. The average Bonchev–Trinajstić information content (AvgIpc) is 2.40. The van der Waals surface area contributed by atoms with E-state index in [0.717, 1.165) is 12.7 Å². The Morgan fingerprint density at radius 3 is 2.52 bits per heavy atom. The molecule has 1 atom stereocenters. The maximum absolute atomic E-state index is 8.61. The first-order valence-corrected chi connectivity index (χ1v) is 9.77. The molecule has 1 unspecified atom stereocenters. The van der Waals surface area contributed by atoms with Crippen molar-refractivity contribution in [1.82, 2.24) is 0 Å². The summed E-state index contributed by atoms with van der Waals surface area (Å²) < 4.78 is 6.24. The summed E-state index contributed by atoms with van der Waals surface area (Å²) in [6.45, 7) is 11.0. The first-order chi connectivity index (χ1) is 9.84. The molecule has 1 aromatic rings. The number of hydrogen-bond donors (Lipinski definition) is 1. The minimum atomic E-state index is -0.750. The van der Waals surface area contributed by atoms with Crippen LogP contribution in [0.4, 0.5) is 0 Å². The smallest absolute Gasteiger partial charge is 0.205 e.